The molecule has 70 valence electrons. The normalized spacial score (nSPS) is 26.1. The van der Waals surface area contributed by atoms with Crippen molar-refractivity contribution in [3.05, 3.63) is 33.8 Å². The highest BCUT2D eigenvalue weighted by molar-refractivity contribution is 9.10. The summed E-state index contributed by atoms with van der Waals surface area (Å²) in [5, 5.41) is 9.73. The standard InChI is InChI=1S/C10H12BrNO/c11-8-3-1-2-7-9(13)4-6(5-12)10(7)8/h1-3,6,9,13H,4-5,12H2. The summed E-state index contributed by atoms with van der Waals surface area (Å²) in [6.45, 7) is 0.604. The van der Waals surface area contributed by atoms with Gasteiger partial charge >= 0.3 is 0 Å². The lowest BCUT2D eigenvalue weighted by atomic mass is 10.0. The average molecular weight is 242 g/mol. The number of hydrogen-bond donors (Lipinski definition) is 2. The number of aliphatic hydroxyl groups is 1. The van der Waals surface area contributed by atoms with Gasteiger partial charge in [-0.15, -0.1) is 0 Å². The van der Waals surface area contributed by atoms with E-state index in [-0.39, 0.29) is 6.10 Å². The van der Waals surface area contributed by atoms with E-state index in [2.05, 4.69) is 15.9 Å². The van der Waals surface area contributed by atoms with Gasteiger partial charge in [0, 0.05) is 10.4 Å². The Bertz CT molecular complexity index is 327. The highest BCUT2D eigenvalue weighted by Crippen LogP contribution is 2.42. The fourth-order valence-electron chi connectivity index (χ4n) is 2.00. The van der Waals surface area contributed by atoms with Crippen molar-refractivity contribution in [1.29, 1.82) is 0 Å². The minimum Gasteiger partial charge on any atom is -0.388 e. The zero-order valence-corrected chi connectivity index (χ0v) is 8.79. The molecule has 0 spiro atoms. The van der Waals surface area contributed by atoms with Gasteiger partial charge in [0.25, 0.3) is 0 Å². The van der Waals surface area contributed by atoms with E-state index in [1.807, 2.05) is 18.2 Å². The molecule has 2 rings (SSSR count). The first-order chi connectivity index (χ1) is 6.24. The van der Waals surface area contributed by atoms with Crippen molar-refractivity contribution >= 4 is 15.9 Å². The van der Waals surface area contributed by atoms with E-state index in [9.17, 15) is 5.11 Å². The summed E-state index contributed by atoms with van der Waals surface area (Å²) < 4.78 is 1.07. The van der Waals surface area contributed by atoms with Crippen LogP contribution in [0.2, 0.25) is 0 Å². The highest BCUT2D eigenvalue weighted by Gasteiger charge is 2.29. The Kier molecular flexibility index (Phi) is 2.41. The Morgan fingerprint density at radius 3 is 3.00 bits per heavy atom. The molecule has 0 fully saturated rings. The van der Waals surface area contributed by atoms with Crippen LogP contribution in [-0.4, -0.2) is 11.7 Å². The first-order valence-corrected chi connectivity index (χ1v) is 5.19. The summed E-state index contributed by atoms with van der Waals surface area (Å²) in [5.41, 5.74) is 7.87. The Hall–Kier alpha value is -0.380. The van der Waals surface area contributed by atoms with Crippen LogP contribution in [0.15, 0.2) is 22.7 Å². The van der Waals surface area contributed by atoms with E-state index in [1.54, 1.807) is 0 Å². The largest absolute Gasteiger partial charge is 0.388 e. The van der Waals surface area contributed by atoms with Gasteiger partial charge in [0.2, 0.25) is 0 Å². The summed E-state index contributed by atoms with van der Waals surface area (Å²) in [7, 11) is 0. The third kappa shape index (κ3) is 1.41. The van der Waals surface area contributed by atoms with Crippen molar-refractivity contribution < 1.29 is 5.11 Å². The molecule has 3 N–H and O–H groups in total. The second kappa shape index (κ2) is 3.40. The molecule has 0 saturated carbocycles. The maximum Gasteiger partial charge on any atom is 0.0799 e. The van der Waals surface area contributed by atoms with Crippen LogP contribution in [0.5, 0.6) is 0 Å². The minimum absolute atomic E-state index is 0.306. The summed E-state index contributed by atoms with van der Waals surface area (Å²) in [4.78, 5) is 0. The van der Waals surface area contributed by atoms with Gasteiger partial charge in [0.1, 0.15) is 0 Å². The van der Waals surface area contributed by atoms with Crippen LogP contribution in [0.3, 0.4) is 0 Å². The molecule has 1 aliphatic carbocycles. The monoisotopic (exact) mass is 241 g/mol. The van der Waals surface area contributed by atoms with Crippen LogP contribution in [0, 0.1) is 0 Å². The molecule has 0 amide bonds. The van der Waals surface area contributed by atoms with Gasteiger partial charge in [-0.2, -0.15) is 0 Å². The van der Waals surface area contributed by atoms with Crippen LogP contribution >= 0.6 is 15.9 Å². The maximum absolute atomic E-state index is 9.73. The predicted octanol–water partition coefficient (Wildman–Crippen LogP) is 1.93. The minimum atomic E-state index is -0.332. The lowest BCUT2D eigenvalue weighted by Crippen LogP contribution is -2.09. The number of benzene rings is 1. The summed E-state index contributed by atoms with van der Waals surface area (Å²) in [6.07, 6.45) is 0.426. The van der Waals surface area contributed by atoms with Crippen LogP contribution < -0.4 is 5.73 Å². The van der Waals surface area contributed by atoms with Crippen LogP contribution in [0.1, 0.15) is 29.6 Å². The highest BCUT2D eigenvalue weighted by atomic mass is 79.9. The van der Waals surface area contributed by atoms with E-state index >= 15 is 0 Å². The molecule has 1 aromatic rings. The van der Waals surface area contributed by atoms with Crippen molar-refractivity contribution in [3.8, 4) is 0 Å². The molecule has 0 heterocycles. The Morgan fingerprint density at radius 1 is 1.54 bits per heavy atom. The molecule has 1 aliphatic rings. The third-order valence-corrected chi connectivity index (χ3v) is 3.34. The molecule has 2 atom stereocenters. The number of rotatable bonds is 1. The first-order valence-electron chi connectivity index (χ1n) is 4.40. The predicted molar refractivity (Wildman–Crippen MR) is 55.5 cm³/mol. The van der Waals surface area contributed by atoms with Gasteiger partial charge in [0.05, 0.1) is 6.10 Å². The second-order valence-corrected chi connectivity index (χ2v) is 4.28. The van der Waals surface area contributed by atoms with Crippen LogP contribution in [0.4, 0.5) is 0 Å². The van der Waals surface area contributed by atoms with Crippen molar-refractivity contribution in [2.75, 3.05) is 6.54 Å². The molecular formula is C10H12BrNO. The Balaban J connectivity index is 2.52. The van der Waals surface area contributed by atoms with E-state index in [0.29, 0.717) is 12.5 Å². The topological polar surface area (TPSA) is 46.2 Å². The van der Waals surface area contributed by atoms with Crippen LogP contribution in [0.25, 0.3) is 0 Å². The number of hydrogen-bond acceptors (Lipinski definition) is 2. The molecule has 13 heavy (non-hydrogen) atoms. The fourth-order valence-corrected chi connectivity index (χ4v) is 2.71. The van der Waals surface area contributed by atoms with Gasteiger partial charge in [-0.3, -0.25) is 0 Å². The van der Waals surface area contributed by atoms with E-state index in [1.165, 1.54) is 5.56 Å². The molecule has 1 aromatic carbocycles. The zero-order valence-electron chi connectivity index (χ0n) is 7.20. The average Bonchev–Trinajstić information content (AvgIpc) is 2.45. The SMILES string of the molecule is NCC1CC(O)c2cccc(Br)c21. The summed E-state index contributed by atoms with van der Waals surface area (Å²) >= 11 is 3.49. The van der Waals surface area contributed by atoms with Gasteiger partial charge < -0.3 is 10.8 Å². The number of aliphatic hydroxyl groups excluding tert-OH is 1. The number of fused-ring (bicyclic) bond motifs is 1. The molecule has 0 bridgehead atoms. The quantitative estimate of drug-likeness (QED) is 0.790. The zero-order chi connectivity index (χ0) is 9.42. The van der Waals surface area contributed by atoms with E-state index in [0.717, 1.165) is 16.5 Å². The molecule has 0 radical (unpaired) electrons. The van der Waals surface area contributed by atoms with E-state index < -0.39 is 0 Å². The molecular weight excluding hydrogens is 230 g/mol. The van der Waals surface area contributed by atoms with Gasteiger partial charge in [-0.05, 0) is 30.2 Å². The molecule has 0 aromatic heterocycles. The van der Waals surface area contributed by atoms with Crippen molar-refractivity contribution in [2.45, 2.75) is 18.4 Å². The molecule has 0 aliphatic heterocycles. The van der Waals surface area contributed by atoms with Gasteiger partial charge in [-0.25, -0.2) is 0 Å². The second-order valence-electron chi connectivity index (χ2n) is 3.43. The third-order valence-electron chi connectivity index (χ3n) is 2.65. The van der Waals surface area contributed by atoms with Crippen LogP contribution in [-0.2, 0) is 0 Å². The van der Waals surface area contributed by atoms with Crippen molar-refractivity contribution in [2.24, 2.45) is 5.73 Å². The molecule has 2 unspecified atom stereocenters. The summed E-state index contributed by atoms with van der Waals surface area (Å²) in [6, 6.07) is 5.92. The Labute approximate surface area is 85.9 Å². The number of halogens is 1. The molecule has 0 saturated heterocycles. The number of nitrogens with two attached hydrogens (primary N) is 1. The molecule has 2 nitrogen and oxygen atoms in total. The Morgan fingerprint density at radius 2 is 2.31 bits per heavy atom. The maximum atomic E-state index is 9.73. The van der Waals surface area contributed by atoms with Crippen molar-refractivity contribution in [3.63, 3.8) is 0 Å². The lowest BCUT2D eigenvalue weighted by molar-refractivity contribution is 0.173. The fraction of sp³-hybridized carbons (Fsp3) is 0.400. The first kappa shape index (κ1) is 9.19. The lowest BCUT2D eigenvalue weighted by Gasteiger charge is -2.09. The van der Waals surface area contributed by atoms with Crippen molar-refractivity contribution in [1.82, 2.24) is 0 Å². The van der Waals surface area contributed by atoms with Gasteiger partial charge in [0.15, 0.2) is 0 Å². The van der Waals surface area contributed by atoms with E-state index in [4.69, 9.17) is 5.73 Å². The van der Waals surface area contributed by atoms with Gasteiger partial charge in [-0.1, -0.05) is 28.1 Å². The smallest absolute Gasteiger partial charge is 0.0799 e. The molecule has 3 heteroatoms. The summed E-state index contributed by atoms with van der Waals surface area (Å²) in [5.74, 6) is 0.306.